The summed E-state index contributed by atoms with van der Waals surface area (Å²) in [6.07, 6.45) is 1.20. The summed E-state index contributed by atoms with van der Waals surface area (Å²) in [5.41, 5.74) is 5.61. The molecule has 0 heterocycles. The predicted molar refractivity (Wildman–Crippen MR) is 96.7 cm³/mol. The van der Waals surface area contributed by atoms with Crippen LogP contribution >= 0.6 is 11.8 Å². The molecule has 0 aliphatic carbocycles. The average Bonchev–Trinajstić information content (AvgIpc) is 2.58. The zero-order chi connectivity index (χ0) is 18.8. The molecular formula is C16H23N3O5S. The lowest BCUT2D eigenvalue weighted by molar-refractivity contribution is -0.155. The van der Waals surface area contributed by atoms with E-state index in [9.17, 15) is 14.4 Å². The van der Waals surface area contributed by atoms with E-state index >= 15 is 0 Å². The van der Waals surface area contributed by atoms with Crippen molar-refractivity contribution in [3.05, 3.63) is 24.3 Å². The van der Waals surface area contributed by atoms with Crippen LogP contribution in [0.2, 0.25) is 0 Å². The number of methoxy groups -OCH3 is 1. The minimum atomic E-state index is -1.03. The fourth-order valence-electron chi connectivity index (χ4n) is 1.88. The Bertz CT molecular complexity index is 594. The molecule has 1 aromatic rings. The molecule has 4 N–H and O–H groups in total. The van der Waals surface area contributed by atoms with Crippen molar-refractivity contribution in [3.8, 4) is 5.75 Å². The van der Waals surface area contributed by atoms with Crippen molar-refractivity contribution in [2.45, 2.75) is 25.5 Å². The third-order valence-corrected chi connectivity index (χ3v) is 3.88. The Morgan fingerprint density at radius 1 is 1.24 bits per heavy atom. The van der Waals surface area contributed by atoms with Gasteiger partial charge in [0.25, 0.3) is 5.91 Å². The summed E-state index contributed by atoms with van der Waals surface area (Å²) in [4.78, 5) is 35.3. The number of benzene rings is 1. The molecule has 1 rings (SSSR count). The second-order valence-corrected chi connectivity index (χ2v) is 6.13. The summed E-state index contributed by atoms with van der Waals surface area (Å²) >= 11 is 1.51. The van der Waals surface area contributed by atoms with Crippen molar-refractivity contribution in [2.24, 2.45) is 5.73 Å². The number of urea groups is 1. The van der Waals surface area contributed by atoms with Crippen LogP contribution < -0.4 is 21.1 Å². The highest BCUT2D eigenvalue weighted by molar-refractivity contribution is 7.98. The largest absolute Gasteiger partial charge is 0.497 e. The van der Waals surface area contributed by atoms with Gasteiger partial charge < -0.3 is 25.8 Å². The quantitative estimate of drug-likeness (QED) is 0.565. The second-order valence-electron chi connectivity index (χ2n) is 5.14. The van der Waals surface area contributed by atoms with E-state index in [2.05, 4.69) is 10.6 Å². The van der Waals surface area contributed by atoms with Crippen molar-refractivity contribution in [3.63, 3.8) is 0 Å². The van der Waals surface area contributed by atoms with Gasteiger partial charge in [-0.2, -0.15) is 11.8 Å². The number of carbonyl (C=O) groups is 3. The summed E-state index contributed by atoms with van der Waals surface area (Å²) in [5.74, 6) is 0.102. The van der Waals surface area contributed by atoms with E-state index in [-0.39, 0.29) is 0 Å². The highest BCUT2D eigenvalue weighted by Crippen LogP contribution is 2.15. The Balaban J connectivity index is 2.60. The molecule has 1 aromatic carbocycles. The number of nitrogens with one attached hydrogen (secondary N) is 2. The monoisotopic (exact) mass is 369 g/mol. The minimum absolute atomic E-state index is 0.357. The average molecular weight is 369 g/mol. The highest BCUT2D eigenvalue weighted by Gasteiger charge is 2.25. The molecule has 3 amide bonds. The molecule has 0 radical (unpaired) electrons. The maximum absolute atomic E-state index is 12.1. The number of hydrogen-bond donors (Lipinski definition) is 3. The maximum atomic E-state index is 12.1. The van der Waals surface area contributed by atoms with Gasteiger partial charge in [0.1, 0.15) is 11.8 Å². The lowest BCUT2D eigenvalue weighted by Gasteiger charge is -2.19. The van der Waals surface area contributed by atoms with Crippen LogP contribution in [0, 0.1) is 0 Å². The van der Waals surface area contributed by atoms with Gasteiger partial charge in [-0.05, 0) is 49.6 Å². The van der Waals surface area contributed by atoms with E-state index in [1.807, 2.05) is 6.26 Å². The third kappa shape index (κ3) is 7.34. The summed E-state index contributed by atoms with van der Waals surface area (Å²) in [5, 5.41) is 4.96. The van der Waals surface area contributed by atoms with E-state index in [1.165, 1.54) is 18.7 Å². The first-order valence-corrected chi connectivity index (χ1v) is 8.97. The van der Waals surface area contributed by atoms with Crippen LogP contribution in [0.1, 0.15) is 13.3 Å². The van der Waals surface area contributed by atoms with Crippen molar-refractivity contribution in [1.29, 1.82) is 0 Å². The molecule has 0 saturated carbocycles. The summed E-state index contributed by atoms with van der Waals surface area (Å²) in [6, 6.07) is 5.02. The molecule has 0 bridgehead atoms. The molecule has 0 fully saturated rings. The minimum Gasteiger partial charge on any atom is -0.497 e. The maximum Gasteiger partial charge on any atom is 0.329 e. The standard InChI is InChI=1S/C16H23N3O5S/c1-10(14(20)18-11-4-6-12(23-2)7-5-11)24-15(21)13(8-9-25-3)19-16(17)22/h4-7,10,13H,8-9H2,1-3H3,(H,18,20)(H3,17,19,22)/t10-,13+/m0/s1. The molecule has 138 valence electrons. The highest BCUT2D eigenvalue weighted by atomic mass is 32.2. The molecular weight excluding hydrogens is 346 g/mol. The summed E-state index contributed by atoms with van der Waals surface area (Å²) in [6.45, 7) is 1.45. The van der Waals surface area contributed by atoms with Gasteiger partial charge in [0, 0.05) is 5.69 Å². The van der Waals surface area contributed by atoms with Gasteiger partial charge in [-0.25, -0.2) is 9.59 Å². The molecule has 25 heavy (non-hydrogen) atoms. The first-order chi connectivity index (χ1) is 11.9. The lowest BCUT2D eigenvalue weighted by Crippen LogP contribution is -2.46. The van der Waals surface area contributed by atoms with Gasteiger partial charge in [0.15, 0.2) is 6.10 Å². The zero-order valence-corrected chi connectivity index (χ0v) is 15.2. The Morgan fingerprint density at radius 2 is 1.88 bits per heavy atom. The number of nitrogens with two attached hydrogens (primary N) is 1. The SMILES string of the molecule is COc1ccc(NC(=O)[C@H](C)OC(=O)[C@@H](CCSC)NC(N)=O)cc1. The van der Waals surface area contributed by atoms with Gasteiger partial charge in [-0.15, -0.1) is 0 Å². The number of hydrogen-bond acceptors (Lipinski definition) is 6. The Labute approximate surface area is 150 Å². The fourth-order valence-corrected chi connectivity index (χ4v) is 2.36. The Kier molecular flexibility index (Phi) is 8.62. The van der Waals surface area contributed by atoms with Crippen LogP contribution in [0.3, 0.4) is 0 Å². The molecule has 8 nitrogen and oxygen atoms in total. The van der Waals surface area contributed by atoms with E-state index in [0.717, 1.165) is 0 Å². The number of rotatable bonds is 9. The first-order valence-electron chi connectivity index (χ1n) is 7.57. The zero-order valence-electron chi connectivity index (χ0n) is 14.4. The summed E-state index contributed by atoms with van der Waals surface area (Å²) in [7, 11) is 1.54. The van der Waals surface area contributed by atoms with Crippen LogP contribution in [-0.4, -0.2) is 49.2 Å². The fraction of sp³-hybridized carbons (Fsp3) is 0.438. The molecule has 0 aliphatic heterocycles. The predicted octanol–water partition coefficient (Wildman–Crippen LogP) is 1.36. The molecule has 0 aliphatic rings. The number of anilines is 1. The van der Waals surface area contributed by atoms with Crippen LogP contribution in [0.4, 0.5) is 10.5 Å². The molecule has 0 unspecified atom stereocenters. The van der Waals surface area contributed by atoms with E-state index < -0.39 is 30.1 Å². The number of amides is 3. The molecule has 2 atom stereocenters. The smallest absolute Gasteiger partial charge is 0.329 e. The number of esters is 1. The third-order valence-electron chi connectivity index (χ3n) is 3.23. The van der Waals surface area contributed by atoms with Gasteiger partial charge >= 0.3 is 12.0 Å². The van der Waals surface area contributed by atoms with Crippen molar-refractivity contribution < 1.29 is 23.9 Å². The molecule has 0 aromatic heterocycles. The molecule has 0 spiro atoms. The number of thioether (sulfide) groups is 1. The van der Waals surface area contributed by atoms with Crippen LogP contribution in [0.15, 0.2) is 24.3 Å². The van der Waals surface area contributed by atoms with E-state index in [1.54, 1.807) is 31.4 Å². The topological polar surface area (TPSA) is 120 Å². The van der Waals surface area contributed by atoms with Crippen LogP contribution in [0.25, 0.3) is 0 Å². The lowest BCUT2D eigenvalue weighted by atomic mass is 10.2. The first kappa shape index (κ1) is 20.6. The second kappa shape index (κ2) is 10.4. The number of primary amides is 1. The van der Waals surface area contributed by atoms with E-state index in [4.69, 9.17) is 15.2 Å². The Hall–Kier alpha value is -2.42. The van der Waals surface area contributed by atoms with E-state index in [0.29, 0.717) is 23.6 Å². The van der Waals surface area contributed by atoms with Crippen LogP contribution in [-0.2, 0) is 14.3 Å². The van der Waals surface area contributed by atoms with Gasteiger partial charge in [-0.3, -0.25) is 4.79 Å². The van der Waals surface area contributed by atoms with Crippen LogP contribution in [0.5, 0.6) is 5.75 Å². The van der Waals surface area contributed by atoms with Gasteiger partial charge in [-0.1, -0.05) is 0 Å². The van der Waals surface area contributed by atoms with Crippen molar-refractivity contribution in [1.82, 2.24) is 5.32 Å². The Morgan fingerprint density at radius 3 is 2.40 bits per heavy atom. The normalized spacial score (nSPS) is 12.6. The number of carbonyl (C=O) groups excluding carboxylic acids is 3. The number of ether oxygens (including phenoxy) is 2. The van der Waals surface area contributed by atoms with Crippen molar-refractivity contribution >= 4 is 35.4 Å². The summed E-state index contributed by atoms with van der Waals surface area (Å²) < 4.78 is 10.2. The van der Waals surface area contributed by atoms with Gasteiger partial charge in [0.05, 0.1) is 7.11 Å². The van der Waals surface area contributed by atoms with Gasteiger partial charge in [0.2, 0.25) is 0 Å². The molecule has 0 saturated heterocycles. The molecule has 9 heteroatoms. The van der Waals surface area contributed by atoms with Crippen molar-refractivity contribution in [2.75, 3.05) is 24.4 Å².